The molecule has 0 spiro atoms. The zero-order chi connectivity index (χ0) is 24.8. The molecule has 7 heteroatoms. The molecular weight excluding hydrogens is 452 g/mol. The van der Waals surface area contributed by atoms with Gasteiger partial charge in [-0.15, -0.1) is 0 Å². The quantitative estimate of drug-likeness (QED) is 0.224. The second-order valence-electron chi connectivity index (χ2n) is 8.15. The number of Topliss-reactive ketones (excluding diaryl/α,β-unsaturated/α-hetero) is 1. The highest BCUT2D eigenvalue weighted by atomic mass is 35.5. The zero-order valence-electron chi connectivity index (χ0n) is 19.9. The monoisotopic (exact) mass is 482 g/mol. The molecule has 1 fully saturated rings. The van der Waals surface area contributed by atoms with E-state index in [0.717, 1.165) is 18.7 Å². The average Bonchev–Trinajstić information content (AvgIpc) is 3.09. The molecule has 0 saturated carbocycles. The van der Waals surface area contributed by atoms with Gasteiger partial charge in [0, 0.05) is 23.7 Å². The first kappa shape index (κ1) is 25.5. The van der Waals surface area contributed by atoms with Crippen LogP contribution in [0.15, 0.2) is 60.7 Å². The van der Waals surface area contributed by atoms with E-state index in [0.29, 0.717) is 41.6 Å². The first-order valence-corrected chi connectivity index (χ1v) is 11.8. The summed E-state index contributed by atoms with van der Waals surface area (Å²) in [5.74, 6) is -0.856. The van der Waals surface area contributed by atoms with Crippen LogP contribution >= 0.6 is 11.6 Å². The fourth-order valence-electron chi connectivity index (χ4n) is 4.15. The molecule has 6 nitrogen and oxygen atoms in total. The Labute approximate surface area is 206 Å². The first-order chi connectivity index (χ1) is 16.3. The maximum atomic E-state index is 13.2. The number of amides is 1. The predicted octanol–water partition coefficient (Wildman–Crippen LogP) is 4.98. The smallest absolute Gasteiger partial charge is 0.295 e. The van der Waals surface area contributed by atoms with Crippen LogP contribution in [0, 0.1) is 6.92 Å². The number of ether oxygens (including phenoxy) is 1. The van der Waals surface area contributed by atoms with Crippen LogP contribution in [0.3, 0.4) is 0 Å². The number of rotatable bonds is 10. The molecule has 34 heavy (non-hydrogen) atoms. The van der Waals surface area contributed by atoms with Crippen LogP contribution in [0.2, 0.25) is 5.02 Å². The number of nitrogens with zero attached hydrogens (tertiary/aromatic N) is 2. The number of aliphatic hydroxyl groups is 1. The Morgan fingerprint density at radius 3 is 2.44 bits per heavy atom. The van der Waals surface area contributed by atoms with Crippen molar-refractivity contribution >= 4 is 29.1 Å². The molecule has 1 atom stereocenters. The number of hydrogen-bond acceptors (Lipinski definition) is 5. The molecule has 0 bridgehead atoms. The largest absolute Gasteiger partial charge is 0.507 e. The van der Waals surface area contributed by atoms with Crippen molar-refractivity contribution in [3.63, 3.8) is 0 Å². The third-order valence-electron chi connectivity index (χ3n) is 6.08. The number of likely N-dealkylation sites (tertiary alicyclic amines) is 1. The normalized spacial score (nSPS) is 17.4. The molecule has 1 aliphatic heterocycles. The van der Waals surface area contributed by atoms with Gasteiger partial charge in [-0.1, -0.05) is 50.2 Å². The molecule has 0 radical (unpaired) electrons. The van der Waals surface area contributed by atoms with Gasteiger partial charge in [-0.05, 0) is 61.5 Å². The molecule has 2 aromatic rings. The van der Waals surface area contributed by atoms with Crippen LogP contribution in [0.4, 0.5) is 0 Å². The van der Waals surface area contributed by atoms with E-state index in [4.69, 9.17) is 16.3 Å². The van der Waals surface area contributed by atoms with Crippen LogP contribution in [-0.4, -0.2) is 59.4 Å². The Kier molecular flexibility index (Phi) is 8.53. The van der Waals surface area contributed by atoms with Gasteiger partial charge < -0.3 is 19.6 Å². The zero-order valence-corrected chi connectivity index (χ0v) is 20.6. The highest BCUT2D eigenvalue weighted by Gasteiger charge is 2.46. The van der Waals surface area contributed by atoms with Crippen molar-refractivity contribution in [2.45, 2.75) is 26.8 Å². The summed E-state index contributed by atoms with van der Waals surface area (Å²) in [5, 5.41) is 11.8. The molecule has 0 aromatic heterocycles. The van der Waals surface area contributed by atoms with E-state index >= 15 is 0 Å². The van der Waals surface area contributed by atoms with Crippen molar-refractivity contribution in [2.75, 3.05) is 32.8 Å². The van der Waals surface area contributed by atoms with Crippen LogP contribution < -0.4 is 4.74 Å². The number of aryl methyl sites for hydroxylation is 1. The van der Waals surface area contributed by atoms with E-state index in [9.17, 15) is 14.7 Å². The topological polar surface area (TPSA) is 70.1 Å². The van der Waals surface area contributed by atoms with Crippen molar-refractivity contribution < 1.29 is 19.4 Å². The van der Waals surface area contributed by atoms with Gasteiger partial charge in [-0.3, -0.25) is 9.59 Å². The molecule has 1 N–H and O–H groups in total. The molecule has 1 aliphatic rings. The molecule has 2 aromatic carbocycles. The van der Waals surface area contributed by atoms with Crippen LogP contribution in [-0.2, 0) is 9.59 Å². The van der Waals surface area contributed by atoms with Crippen molar-refractivity contribution in [3.05, 3.63) is 82.4 Å². The number of likely N-dealkylation sites (N-methyl/N-ethyl adjacent to an activating group) is 1. The summed E-state index contributed by atoms with van der Waals surface area (Å²) in [6, 6.07) is 11.5. The van der Waals surface area contributed by atoms with E-state index in [1.54, 1.807) is 53.4 Å². The Morgan fingerprint density at radius 2 is 1.85 bits per heavy atom. The maximum Gasteiger partial charge on any atom is 0.295 e. The molecule has 180 valence electrons. The molecule has 1 saturated heterocycles. The summed E-state index contributed by atoms with van der Waals surface area (Å²) < 4.78 is 5.62. The van der Waals surface area contributed by atoms with E-state index in [1.165, 1.54) is 0 Å². The highest BCUT2D eigenvalue weighted by molar-refractivity contribution is 6.46. The summed E-state index contributed by atoms with van der Waals surface area (Å²) in [6.45, 7) is 12.6. The Hall–Kier alpha value is -3.09. The number of hydrogen-bond donors (Lipinski definition) is 1. The van der Waals surface area contributed by atoms with Crippen LogP contribution in [0.25, 0.3) is 5.76 Å². The van der Waals surface area contributed by atoms with Crippen molar-refractivity contribution in [1.82, 2.24) is 9.80 Å². The number of halogens is 1. The third kappa shape index (κ3) is 5.34. The van der Waals surface area contributed by atoms with Crippen molar-refractivity contribution in [2.24, 2.45) is 0 Å². The second kappa shape index (κ2) is 11.4. The minimum atomic E-state index is -0.704. The lowest BCUT2D eigenvalue weighted by Gasteiger charge is -2.28. The first-order valence-electron chi connectivity index (χ1n) is 11.4. The highest BCUT2D eigenvalue weighted by Crippen LogP contribution is 2.40. The number of ketones is 1. The minimum Gasteiger partial charge on any atom is -0.507 e. The number of carbonyl (C=O) groups is 2. The van der Waals surface area contributed by atoms with Gasteiger partial charge in [0.25, 0.3) is 11.7 Å². The molecule has 3 rings (SSSR count). The second-order valence-corrected chi connectivity index (χ2v) is 8.59. The average molecular weight is 483 g/mol. The summed E-state index contributed by atoms with van der Waals surface area (Å²) >= 11 is 6.08. The molecule has 1 heterocycles. The van der Waals surface area contributed by atoms with Crippen molar-refractivity contribution in [3.8, 4) is 5.75 Å². The van der Waals surface area contributed by atoms with Gasteiger partial charge in [0.05, 0.1) is 11.6 Å². The van der Waals surface area contributed by atoms with E-state index in [2.05, 4.69) is 25.3 Å². The Morgan fingerprint density at radius 1 is 1.18 bits per heavy atom. The Bertz CT molecular complexity index is 1090. The SMILES string of the molecule is C=CCOc1ccc(C(O)=C2C(=O)C(=O)N(CCN(CC)CC)[C@@H]2c2ccc(Cl)cc2)cc1C. The fourth-order valence-corrected chi connectivity index (χ4v) is 4.28. The Balaban J connectivity index is 2.07. The molecule has 0 unspecified atom stereocenters. The van der Waals surface area contributed by atoms with E-state index < -0.39 is 17.7 Å². The van der Waals surface area contributed by atoms with Crippen molar-refractivity contribution in [1.29, 1.82) is 0 Å². The molecular formula is C27H31ClN2O4. The lowest BCUT2D eigenvalue weighted by Crippen LogP contribution is -2.38. The van der Waals surface area contributed by atoms with E-state index in [1.807, 2.05) is 6.92 Å². The summed E-state index contributed by atoms with van der Waals surface area (Å²) in [4.78, 5) is 30.0. The lowest BCUT2D eigenvalue weighted by atomic mass is 9.95. The standard InChI is InChI=1S/C27H31ClN2O4/c1-5-16-34-22-13-10-20(17-18(22)4)25(31)23-24(19-8-11-21(28)12-9-19)30(27(33)26(23)32)15-14-29(6-2)7-3/h5,8-13,17,24,31H,1,6-7,14-16H2,2-4H3/t24-/m1/s1. The van der Waals surface area contributed by atoms with Gasteiger partial charge in [0.2, 0.25) is 0 Å². The lowest BCUT2D eigenvalue weighted by molar-refractivity contribution is -0.140. The van der Waals surface area contributed by atoms with Crippen LogP contribution in [0.1, 0.15) is 36.6 Å². The molecule has 0 aliphatic carbocycles. The summed E-state index contributed by atoms with van der Waals surface area (Å²) in [7, 11) is 0. The van der Waals surface area contributed by atoms with Gasteiger partial charge in [-0.25, -0.2) is 0 Å². The van der Waals surface area contributed by atoms with Gasteiger partial charge in [0.1, 0.15) is 18.1 Å². The minimum absolute atomic E-state index is 0.0750. The predicted molar refractivity (Wildman–Crippen MR) is 135 cm³/mol. The van der Waals surface area contributed by atoms with Crippen LogP contribution in [0.5, 0.6) is 5.75 Å². The van der Waals surface area contributed by atoms with Gasteiger partial charge in [0.15, 0.2) is 0 Å². The number of aliphatic hydroxyl groups excluding tert-OH is 1. The number of benzene rings is 2. The summed E-state index contributed by atoms with van der Waals surface area (Å²) in [5.41, 5.74) is 2.03. The number of carbonyl (C=O) groups excluding carboxylic acids is 2. The fraction of sp³-hybridized carbons (Fsp3) is 0.333. The maximum absolute atomic E-state index is 13.2. The molecule has 1 amide bonds. The van der Waals surface area contributed by atoms with Gasteiger partial charge >= 0.3 is 0 Å². The summed E-state index contributed by atoms with van der Waals surface area (Å²) in [6.07, 6.45) is 1.65. The van der Waals surface area contributed by atoms with E-state index in [-0.39, 0.29) is 11.3 Å². The van der Waals surface area contributed by atoms with Gasteiger partial charge in [-0.2, -0.15) is 0 Å². The third-order valence-corrected chi connectivity index (χ3v) is 6.33.